The van der Waals surface area contributed by atoms with Crippen molar-refractivity contribution in [3.8, 4) is 6.07 Å². The third kappa shape index (κ3) is 3.41. The zero-order chi connectivity index (χ0) is 15.4. The van der Waals surface area contributed by atoms with Crippen molar-refractivity contribution in [2.75, 3.05) is 31.1 Å². The molecule has 0 bridgehead atoms. The Balaban J connectivity index is 1.57. The highest BCUT2D eigenvalue weighted by Gasteiger charge is 2.18. The van der Waals surface area contributed by atoms with Gasteiger partial charge in [-0.05, 0) is 29.8 Å². The zero-order valence-electron chi connectivity index (χ0n) is 12.4. The van der Waals surface area contributed by atoms with Gasteiger partial charge in [-0.1, -0.05) is 35.9 Å². The normalized spacial score (nSPS) is 15.5. The fourth-order valence-corrected chi connectivity index (χ4v) is 3.05. The molecule has 112 valence electrons. The first-order valence-corrected chi connectivity index (χ1v) is 7.85. The molecule has 3 rings (SSSR count). The van der Waals surface area contributed by atoms with E-state index in [1.165, 1.54) is 5.56 Å². The minimum atomic E-state index is 0.715. The number of benzene rings is 2. The molecule has 0 spiro atoms. The average molecular weight is 312 g/mol. The quantitative estimate of drug-likeness (QED) is 0.868. The van der Waals surface area contributed by atoms with Crippen LogP contribution in [0.2, 0.25) is 5.02 Å². The van der Waals surface area contributed by atoms with E-state index in [-0.39, 0.29) is 0 Å². The summed E-state index contributed by atoms with van der Waals surface area (Å²) in [6.07, 6.45) is 0. The van der Waals surface area contributed by atoms with Crippen LogP contribution in [0.15, 0.2) is 48.5 Å². The smallest absolute Gasteiger partial charge is 0.0991 e. The molecule has 0 atom stereocenters. The first-order valence-electron chi connectivity index (χ1n) is 7.47. The lowest BCUT2D eigenvalue weighted by atomic mass is 10.1. The number of anilines is 1. The van der Waals surface area contributed by atoms with Gasteiger partial charge in [-0.15, -0.1) is 0 Å². The first kappa shape index (κ1) is 14.9. The molecule has 0 unspecified atom stereocenters. The second-order valence-corrected chi connectivity index (χ2v) is 5.93. The summed E-state index contributed by atoms with van der Waals surface area (Å²) in [4.78, 5) is 4.78. The Kier molecular flexibility index (Phi) is 4.62. The van der Waals surface area contributed by atoms with E-state index < -0.39 is 0 Å². The maximum atomic E-state index is 8.83. The molecular weight excluding hydrogens is 294 g/mol. The lowest BCUT2D eigenvalue weighted by Gasteiger charge is -2.36. The molecule has 0 amide bonds. The maximum absolute atomic E-state index is 8.83. The van der Waals surface area contributed by atoms with Gasteiger partial charge < -0.3 is 4.90 Å². The van der Waals surface area contributed by atoms with Crippen LogP contribution in [0, 0.1) is 11.3 Å². The SMILES string of the molecule is N#Cc1ccc(CN2CCN(c3ccccc3Cl)CC2)cc1. The monoisotopic (exact) mass is 311 g/mol. The van der Waals surface area contributed by atoms with Crippen molar-refractivity contribution in [1.29, 1.82) is 5.26 Å². The zero-order valence-corrected chi connectivity index (χ0v) is 13.1. The molecule has 4 heteroatoms. The minimum absolute atomic E-state index is 0.715. The van der Waals surface area contributed by atoms with Crippen molar-refractivity contribution in [3.05, 3.63) is 64.7 Å². The van der Waals surface area contributed by atoms with E-state index in [0.29, 0.717) is 5.56 Å². The van der Waals surface area contributed by atoms with Crippen LogP contribution in [-0.4, -0.2) is 31.1 Å². The number of piperazine rings is 1. The fourth-order valence-electron chi connectivity index (χ4n) is 2.80. The molecule has 0 aromatic heterocycles. The molecule has 0 radical (unpaired) electrons. The molecule has 1 fully saturated rings. The molecule has 2 aromatic rings. The summed E-state index contributed by atoms with van der Waals surface area (Å²) in [5.74, 6) is 0. The Morgan fingerprint density at radius 3 is 2.27 bits per heavy atom. The topological polar surface area (TPSA) is 30.3 Å². The van der Waals surface area contributed by atoms with Crippen LogP contribution >= 0.6 is 11.6 Å². The molecule has 1 heterocycles. The number of hydrogen-bond donors (Lipinski definition) is 0. The van der Waals surface area contributed by atoms with Crippen LogP contribution in [0.4, 0.5) is 5.69 Å². The van der Waals surface area contributed by atoms with Crippen LogP contribution in [0.25, 0.3) is 0 Å². The largest absolute Gasteiger partial charge is 0.368 e. The number of hydrogen-bond acceptors (Lipinski definition) is 3. The van der Waals surface area contributed by atoms with Gasteiger partial charge >= 0.3 is 0 Å². The summed E-state index contributed by atoms with van der Waals surface area (Å²) in [7, 11) is 0. The molecule has 0 aliphatic carbocycles. The molecule has 1 aliphatic rings. The molecule has 1 aliphatic heterocycles. The second kappa shape index (κ2) is 6.83. The van der Waals surface area contributed by atoms with E-state index >= 15 is 0 Å². The summed E-state index contributed by atoms with van der Waals surface area (Å²) in [6.45, 7) is 4.94. The van der Waals surface area contributed by atoms with Gasteiger partial charge in [0.1, 0.15) is 0 Å². The second-order valence-electron chi connectivity index (χ2n) is 5.52. The van der Waals surface area contributed by atoms with Gasteiger partial charge in [0.25, 0.3) is 0 Å². The molecule has 22 heavy (non-hydrogen) atoms. The van der Waals surface area contributed by atoms with Crippen molar-refractivity contribution in [3.63, 3.8) is 0 Å². The number of nitriles is 1. The van der Waals surface area contributed by atoms with Gasteiger partial charge in [-0.25, -0.2) is 0 Å². The fraction of sp³-hybridized carbons (Fsp3) is 0.278. The third-order valence-corrected chi connectivity index (χ3v) is 4.37. The molecule has 3 nitrogen and oxygen atoms in total. The van der Waals surface area contributed by atoms with E-state index in [1.807, 2.05) is 42.5 Å². The predicted octanol–water partition coefficient (Wildman–Crippen LogP) is 3.53. The van der Waals surface area contributed by atoms with Crippen LogP contribution in [0.3, 0.4) is 0 Å². The van der Waals surface area contributed by atoms with E-state index in [9.17, 15) is 0 Å². The van der Waals surface area contributed by atoms with Crippen molar-refractivity contribution < 1.29 is 0 Å². The molecule has 0 saturated carbocycles. The summed E-state index contributed by atoms with van der Waals surface area (Å²) in [5, 5.41) is 9.66. The van der Waals surface area contributed by atoms with E-state index in [4.69, 9.17) is 16.9 Å². The molecular formula is C18H18ClN3. The Bertz CT molecular complexity index is 667. The van der Waals surface area contributed by atoms with E-state index in [0.717, 1.165) is 43.4 Å². The van der Waals surface area contributed by atoms with Gasteiger partial charge in [-0.3, -0.25) is 4.90 Å². The average Bonchev–Trinajstić information content (AvgIpc) is 2.57. The van der Waals surface area contributed by atoms with Crippen molar-refractivity contribution in [2.24, 2.45) is 0 Å². The summed E-state index contributed by atoms with van der Waals surface area (Å²) >= 11 is 6.27. The van der Waals surface area contributed by atoms with Crippen molar-refractivity contribution in [2.45, 2.75) is 6.54 Å². The molecule has 0 N–H and O–H groups in total. The van der Waals surface area contributed by atoms with E-state index in [1.54, 1.807) is 0 Å². The number of rotatable bonds is 3. The molecule has 1 saturated heterocycles. The lowest BCUT2D eigenvalue weighted by Crippen LogP contribution is -2.46. The predicted molar refractivity (Wildman–Crippen MR) is 90.1 cm³/mol. The highest BCUT2D eigenvalue weighted by atomic mass is 35.5. The van der Waals surface area contributed by atoms with Crippen LogP contribution < -0.4 is 4.90 Å². The van der Waals surface area contributed by atoms with E-state index in [2.05, 4.69) is 21.9 Å². The van der Waals surface area contributed by atoms with Crippen LogP contribution in [0.5, 0.6) is 0 Å². The summed E-state index contributed by atoms with van der Waals surface area (Å²) in [5.41, 5.74) is 3.10. The third-order valence-electron chi connectivity index (χ3n) is 4.05. The highest BCUT2D eigenvalue weighted by Crippen LogP contribution is 2.26. The maximum Gasteiger partial charge on any atom is 0.0991 e. The lowest BCUT2D eigenvalue weighted by molar-refractivity contribution is 0.250. The summed E-state index contributed by atoms with van der Waals surface area (Å²) in [6, 6.07) is 18.0. The number of halogens is 1. The number of nitrogens with zero attached hydrogens (tertiary/aromatic N) is 3. The molecule has 2 aromatic carbocycles. The van der Waals surface area contributed by atoms with Crippen molar-refractivity contribution >= 4 is 17.3 Å². The Hall–Kier alpha value is -2.02. The van der Waals surface area contributed by atoms with Crippen LogP contribution in [-0.2, 0) is 6.54 Å². The van der Waals surface area contributed by atoms with Crippen molar-refractivity contribution in [1.82, 2.24) is 4.90 Å². The van der Waals surface area contributed by atoms with Gasteiger partial charge in [0.2, 0.25) is 0 Å². The standard InChI is InChI=1S/C18H18ClN3/c19-17-3-1-2-4-18(17)22-11-9-21(10-12-22)14-16-7-5-15(13-20)6-8-16/h1-8H,9-12,14H2. The first-order chi connectivity index (χ1) is 10.8. The Morgan fingerprint density at radius 2 is 1.64 bits per heavy atom. The summed E-state index contributed by atoms with van der Waals surface area (Å²) < 4.78 is 0. The Morgan fingerprint density at radius 1 is 0.955 bits per heavy atom. The highest BCUT2D eigenvalue weighted by molar-refractivity contribution is 6.33. The van der Waals surface area contributed by atoms with Gasteiger partial charge in [-0.2, -0.15) is 5.26 Å². The van der Waals surface area contributed by atoms with Gasteiger partial charge in [0.15, 0.2) is 0 Å². The Labute approximate surface area is 136 Å². The number of para-hydroxylation sites is 1. The van der Waals surface area contributed by atoms with Gasteiger partial charge in [0, 0.05) is 32.7 Å². The minimum Gasteiger partial charge on any atom is -0.368 e. The van der Waals surface area contributed by atoms with Crippen LogP contribution in [0.1, 0.15) is 11.1 Å². The van der Waals surface area contributed by atoms with Gasteiger partial charge in [0.05, 0.1) is 22.3 Å².